The maximum Gasteiger partial charge on any atom is 0.0642 e. The number of hydrogen-bond donors (Lipinski definition) is 1. The van der Waals surface area contributed by atoms with E-state index in [2.05, 4.69) is 24.1 Å². The second-order valence-corrected chi connectivity index (χ2v) is 6.01. The van der Waals surface area contributed by atoms with Crippen LogP contribution in [0.1, 0.15) is 12.0 Å². The summed E-state index contributed by atoms with van der Waals surface area (Å²) in [4.78, 5) is 2.31. The molecule has 1 aromatic rings. The molecule has 0 aromatic heterocycles. The molecule has 0 bridgehead atoms. The Morgan fingerprint density at radius 3 is 2.94 bits per heavy atom. The Morgan fingerprint density at radius 1 is 1.53 bits per heavy atom. The zero-order chi connectivity index (χ0) is 12.3. The summed E-state index contributed by atoms with van der Waals surface area (Å²) in [6, 6.07) is 6.92. The zero-order valence-electron chi connectivity index (χ0n) is 10.2. The molecule has 17 heavy (non-hydrogen) atoms. The minimum absolute atomic E-state index is 0.623. The third-order valence-corrected chi connectivity index (χ3v) is 4.73. The molecule has 2 rings (SSSR count). The summed E-state index contributed by atoms with van der Waals surface area (Å²) in [6.07, 6.45) is 2.14. The Hall–Kier alpha value is -0.380. The van der Waals surface area contributed by atoms with E-state index in [0.29, 0.717) is 12.6 Å². The zero-order valence-corrected chi connectivity index (χ0v) is 11.7. The van der Waals surface area contributed by atoms with Crippen LogP contribution in [0.15, 0.2) is 18.2 Å². The number of hydrogen-bond acceptors (Lipinski definition) is 3. The van der Waals surface area contributed by atoms with Crippen molar-refractivity contribution >= 4 is 29.1 Å². The fraction of sp³-hybridized carbons (Fsp3) is 0.538. The van der Waals surface area contributed by atoms with E-state index in [1.54, 1.807) is 0 Å². The number of halogens is 1. The first-order chi connectivity index (χ1) is 8.22. The minimum Gasteiger partial charge on any atom is -0.370 e. The van der Waals surface area contributed by atoms with Crippen LogP contribution in [0.3, 0.4) is 0 Å². The van der Waals surface area contributed by atoms with E-state index in [1.165, 1.54) is 23.5 Å². The molecule has 1 atom stereocenters. The quantitative estimate of drug-likeness (QED) is 0.912. The highest BCUT2D eigenvalue weighted by Crippen LogP contribution is 2.31. The highest BCUT2D eigenvalue weighted by atomic mass is 35.5. The van der Waals surface area contributed by atoms with Crippen LogP contribution in [-0.4, -0.2) is 31.1 Å². The molecular formula is C13H19ClN2S. The molecule has 1 heterocycles. The molecule has 0 radical (unpaired) electrons. The van der Waals surface area contributed by atoms with Gasteiger partial charge in [0.15, 0.2) is 0 Å². The third kappa shape index (κ3) is 3.09. The van der Waals surface area contributed by atoms with Crippen LogP contribution in [0, 0.1) is 0 Å². The Balaban J connectivity index is 2.14. The smallest absolute Gasteiger partial charge is 0.0642 e. The monoisotopic (exact) mass is 270 g/mol. The predicted molar refractivity (Wildman–Crippen MR) is 78.3 cm³/mol. The summed E-state index contributed by atoms with van der Waals surface area (Å²) in [5, 5.41) is 0.843. The molecule has 0 amide bonds. The molecule has 0 saturated carbocycles. The van der Waals surface area contributed by atoms with Gasteiger partial charge in [0.25, 0.3) is 0 Å². The fourth-order valence-corrected chi connectivity index (χ4v) is 3.79. The molecule has 1 aromatic carbocycles. The summed E-state index contributed by atoms with van der Waals surface area (Å²) in [6.45, 7) is 0.671. The van der Waals surface area contributed by atoms with Gasteiger partial charge in [-0.15, -0.1) is 0 Å². The van der Waals surface area contributed by atoms with Crippen molar-refractivity contribution in [3.63, 3.8) is 0 Å². The normalized spacial score (nSPS) is 19.6. The molecule has 1 fully saturated rings. The lowest BCUT2D eigenvalue weighted by Gasteiger charge is -2.27. The number of nitrogens with two attached hydrogens (primary N) is 1. The molecule has 2 nitrogen and oxygen atoms in total. The molecule has 1 unspecified atom stereocenters. The first-order valence-corrected chi connectivity index (χ1v) is 7.54. The van der Waals surface area contributed by atoms with Gasteiger partial charge in [0.2, 0.25) is 0 Å². The van der Waals surface area contributed by atoms with Crippen LogP contribution in [0.4, 0.5) is 5.69 Å². The van der Waals surface area contributed by atoms with Gasteiger partial charge in [-0.05, 0) is 42.8 Å². The number of nitrogens with zero attached hydrogens (tertiary/aromatic N) is 1. The van der Waals surface area contributed by atoms with Gasteiger partial charge < -0.3 is 10.6 Å². The van der Waals surface area contributed by atoms with E-state index in [1.807, 2.05) is 17.8 Å². The van der Waals surface area contributed by atoms with E-state index in [4.69, 9.17) is 17.3 Å². The van der Waals surface area contributed by atoms with Crippen LogP contribution in [-0.2, 0) is 6.42 Å². The van der Waals surface area contributed by atoms with Gasteiger partial charge >= 0.3 is 0 Å². The van der Waals surface area contributed by atoms with Gasteiger partial charge in [0.05, 0.1) is 10.7 Å². The topological polar surface area (TPSA) is 29.3 Å². The molecule has 94 valence electrons. The number of thioether (sulfide) groups is 1. The van der Waals surface area contributed by atoms with Crippen LogP contribution in [0.5, 0.6) is 0 Å². The van der Waals surface area contributed by atoms with Crippen molar-refractivity contribution in [1.82, 2.24) is 0 Å². The molecular weight excluding hydrogens is 252 g/mol. The highest BCUT2D eigenvalue weighted by Gasteiger charge is 2.21. The predicted octanol–water partition coefficient (Wildman–Crippen LogP) is 2.78. The van der Waals surface area contributed by atoms with Crippen LogP contribution >= 0.6 is 23.4 Å². The summed E-state index contributed by atoms with van der Waals surface area (Å²) in [5.74, 6) is 2.47. The van der Waals surface area contributed by atoms with Crippen molar-refractivity contribution in [3.05, 3.63) is 28.8 Å². The number of anilines is 1. The Morgan fingerprint density at radius 2 is 2.35 bits per heavy atom. The van der Waals surface area contributed by atoms with Gasteiger partial charge in [-0.3, -0.25) is 0 Å². The number of benzene rings is 1. The van der Waals surface area contributed by atoms with E-state index in [9.17, 15) is 0 Å². The van der Waals surface area contributed by atoms with Crippen LogP contribution in [0.2, 0.25) is 5.02 Å². The molecule has 2 N–H and O–H groups in total. The van der Waals surface area contributed by atoms with E-state index in [-0.39, 0.29) is 0 Å². The average molecular weight is 271 g/mol. The summed E-state index contributed by atoms with van der Waals surface area (Å²) >= 11 is 8.37. The maximum absolute atomic E-state index is 6.35. The van der Waals surface area contributed by atoms with Crippen LogP contribution < -0.4 is 10.6 Å². The van der Waals surface area contributed by atoms with Crippen molar-refractivity contribution in [2.75, 3.05) is 30.0 Å². The molecule has 0 aliphatic carbocycles. The Labute approximate surface area is 113 Å². The lowest BCUT2D eigenvalue weighted by molar-refractivity contribution is 0.700. The van der Waals surface area contributed by atoms with E-state index >= 15 is 0 Å². The fourth-order valence-electron chi connectivity index (χ4n) is 2.18. The average Bonchev–Trinajstić information content (AvgIpc) is 2.82. The lowest BCUT2D eigenvalue weighted by Crippen LogP contribution is -2.31. The van der Waals surface area contributed by atoms with Gasteiger partial charge in [0, 0.05) is 18.8 Å². The van der Waals surface area contributed by atoms with Gasteiger partial charge in [-0.2, -0.15) is 11.8 Å². The Kier molecular flexibility index (Phi) is 4.60. The van der Waals surface area contributed by atoms with Gasteiger partial charge in [-0.1, -0.05) is 17.7 Å². The molecule has 0 spiro atoms. The maximum atomic E-state index is 6.35. The third-order valence-electron chi connectivity index (χ3n) is 3.28. The first-order valence-electron chi connectivity index (χ1n) is 6.01. The molecule has 1 aliphatic rings. The standard InChI is InChI=1S/C13H19ClN2S/c1-16(11-5-7-17-9-11)13-3-2-10(4-6-15)8-12(13)14/h2-3,8,11H,4-7,9,15H2,1H3. The highest BCUT2D eigenvalue weighted by molar-refractivity contribution is 7.99. The summed E-state index contributed by atoms with van der Waals surface area (Å²) in [7, 11) is 2.14. The van der Waals surface area contributed by atoms with Crippen molar-refractivity contribution in [2.45, 2.75) is 18.9 Å². The van der Waals surface area contributed by atoms with Crippen LogP contribution in [0.25, 0.3) is 0 Å². The second kappa shape index (κ2) is 5.98. The first kappa shape index (κ1) is 13.1. The molecule has 1 saturated heterocycles. The van der Waals surface area contributed by atoms with E-state index in [0.717, 1.165) is 17.1 Å². The van der Waals surface area contributed by atoms with Crippen molar-refractivity contribution in [1.29, 1.82) is 0 Å². The van der Waals surface area contributed by atoms with E-state index < -0.39 is 0 Å². The molecule has 4 heteroatoms. The Bertz CT molecular complexity index is 378. The SMILES string of the molecule is CN(c1ccc(CCN)cc1Cl)C1CCSC1. The van der Waals surface area contributed by atoms with Crippen molar-refractivity contribution in [3.8, 4) is 0 Å². The lowest BCUT2D eigenvalue weighted by atomic mass is 10.1. The summed E-state index contributed by atoms with van der Waals surface area (Å²) in [5.41, 5.74) is 7.91. The summed E-state index contributed by atoms with van der Waals surface area (Å²) < 4.78 is 0. The minimum atomic E-state index is 0.623. The van der Waals surface area contributed by atoms with Crippen molar-refractivity contribution in [2.24, 2.45) is 5.73 Å². The van der Waals surface area contributed by atoms with Crippen molar-refractivity contribution < 1.29 is 0 Å². The van der Waals surface area contributed by atoms with Gasteiger partial charge in [0.1, 0.15) is 0 Å². The second-order valence-electron chi connectivity index (χ2n) is 4.45. The largest absolute Gasteiger partial charge is 0.370 e. The number of rotatable bonds is 4. The van der Waals surface area contributed by atoms with Gasteiger partial charge in [-0.25, -0.2) is 0 Å². The molecule has 1 aliphatic heterocycles.